The van der Waals surface area contributed by atoms with Gasteiger partial charge in [-0.15, -0.1) is 0 Å². The van der Waals surface area contributed by atoms with Crippen molar-refractivity contribution in [1.29, 1.82) is 0 Å². The van der Waals surface area contributed by atoms with Gasteiger partial charge in [-0.1, -0.05) is 60.7 Å². The third-order valence-electron chi connectivity index (χ3n) is 4.11. The molecule has 0 aliphatic carbocycles. The fraction of sp³-hybridized carbons (Fsp3) is 0.174. The number of hydrogen-bond donors (Lipinski definition) is 1. The minimum Gasteiger partial charge on any atom is -0.489 e. The van der Waals surface area contributed by atoms with Gasteiger partial charge in [0.25, 0.3) is 0 Å². The van der Waals surface area contributed by atoms with E-state index in [9.17, 15) is 9.90 Å². The number of hydrogen-bond acceptors (Lipinski definition) is 5. The first kappa shape index (κ1) is 19.6. The van der Waals surface area contributed by atoms with Crippen molar-refractivity contribution >= 4 is 5.78 Å². The number of Topliss-reactive ketones (excluding diaryl/α,β-unsaturated/α-hetero) is 1. The van der Waals surface area contributed by atoms with Crippen LogP contribution < -0.4 is 9.47 Å². The molecule has 3 aromatic carbocycles. The third-order valence-corrected chi connectivity index (χ3v) is 4.11. The fourth-order valence-electron chi connectivity index (χ4n) is 2.61. The topological polar surface area (TPSA) is 65.0 Å². The number of carbonyl (C=O) groups is 1. The van der Waals surface area contributed by atoms with Crippen LogP contribution in [0.3, 0.4) is 0 Å². The molecule has 0 bridgehead atoms. The number of benzene rings is 3. The molecule has 0 saturated heterocycles. The molecule has 0 aromatic heterocycles. The lowest BCUT2D eigenvalue weighted by atomic mass is 10.1. The average molecular weight is 378 g/mol. The lowest BCUT2D eigenvalue weighted by Gasteiger charge is -2.14. The Hall–Kier alpha value is -3.15. The Labute approximate surface area is 164 Å². The van der Waals surface area contributed by atoms with E-state index < -0.39 is 12.1 Å². The highest BCUT2D eigenvalue weighted by molar-refractivity contribution is 5.99. The van der Waals surface area contributed by atoms with E-state index in [1.807, 2.05) is 60.7 Å². The molecule has 3 aromatic rings. The van der Waals surface area contributed by atoms with Gasteiger partial charge in [-0.2, -0.15) is 0 Å². The van der Waals surface area contributed by atoms with Crippen LogP contribution in [0, 0.1) is 0 Å². The van der Waals surface area contributed by atoms with Gasteiger partial charge in [0.1, 0.15) is 24.7 Å². The van der Waals surface area contributed by atoms with Gasteiger partial charge in [0.2, 0.25) is 12.1 Å². The average Bonchev–Trinajstić information content (AvgIpc) is 2.76. The van der Waals surface area contributed by atoms with Gasteiger partial charge in [-0.25, -0.2) is 0 Å². The van der Waals surface area contributed by atoms with Crippen molar-refractivity contribution in [2.24, 2.45) is 0 Å². The van der Waals surface area contributed by atoms with Crippen LogP contribution in [0.25, 0.3) is 0 Å². The molecular weight excluding hydrogens is 356 g/mol. The molecule has 0 aliphatic rings. The van der Waals surface area contributed by atoms with Gasteiger partial charge in [0.05, 0.1) is 0 Å². The van der Waals surface area contributed by atoms with Crippen LogP contribution in [0.2, 0.25) is 0 Å². The summed E-state index contributed by atoms with van der Waals surface area (Å²) in [4.78, 5) is 12.3. The van der Waals surface area contributed by atoms with E-state index in [4.69, 9.17) is 14.2 Å². The van der Waals surface area contributed by atoms with Gasteiger partial charge < -0.3 is 19.3 Å². The second-order valence-corrected chi connectivity index (χ2v) is 6.19. The highest BCUT2D eigenvalue weighted by Crippen LogP contribution is 2.26. The van der Waals surface area contributed by atoms with E-state index in [2.05, 4.69) is 0 Å². The summed E-state index contributed by atoms with van der Waals surface area (Å²) in [7, 11) is 1.27. The summed E-state index contributed by atoms with van der Waals surface area (Å²) in [6.45, 7) is 0.701. The summed E-state index contributed by atoms with van der Waals surface area (Å²) in [5, 5.41) is 9.72. The first-order valence-electron chi connectivity index (χ1n) is 8.89. The molecule has 1 unspecified atom stereocenters. The van der Waals surface area contributed by atoms with E-state index in [1.54, 1.807) is 18.2 Å². The van der Waals surface area contributed by atoms with Gasteiger partial charge in [-0.3, -0.25) is 4.79 Å². The lowest BCUT2D eigenvalue weighted by Crippen LogP contribution is -2.22. The SMILES string of the molecule is COC(O)C(=O)c1cc(OCc2ccccc2)cc(OCc2ccccc2)c1. The monoisotopic (exact) mass is 378 g/mol. The lowest BCUT2D eigenvalue weighted by molar-refractivity contribution is -0.0483. The summed E-state index contributed by atoms with van der Waals surface area (Å²) in [6.07, 6.45) is -1.54. The number of ketones is 1. The second-order valence-electron chi connectivity index (χ2n) is 6.19. The van der Waals surface area contributed by atoms with Crippen LogP contribution in [0.4, 0.5) is 0 Å². The van der Waals surface area contributed by atoms with Crippen LogP contribution in [0.5, 0.6) is 11.5 Å². The molecule has 0 heterocycles. The fourth-order valence-corrected chi connectivity index (χ4v) is 2.61. The standard InChI is InChI=1S/C23H22O5/c1-26-23(25)22(24)19-12-20(27-15-17-8-4-2-5-9-17)14-21(13-19)28-16-18-10-6-3-7-11-18/h2-14,23,25H,15-16H2,1H3. The van der Waals surface area contributed by atoms with Gasteiger partial charge in [0, 0.05) is 18.7 Å². The molecule has 0 aliphatic heterocycles. The van der Waals surface area contributed by atoms with Gasteiger partial charge in [-0.05, 0) is 23.3 Å². The number of aliphatic hydroxyl groups is 1. The van der Waals surface area contributed by atoms with E-state index in [1.165, 1.54) is 7.11 Å². The molecule has 0 saturated carbocycles. The van der Waals surface area contributed by atoms with E-state index in [0.29, 0.717) is 24.7 Å². The number of aliphatic hydroxyl groups excluding tert-OH is 1. The Kier molecular flexibility index (Phi) is 6.78. The summed E-state index contributed by atoms with van der Waals surface area (Å²) in [5.74, 6) is 0.388. The Bertz CT molecular complexity index is 832. The van der Waals surface area contributed by atoms with Crippen molar-refractivity contribution < 1.29 is 24.1 Å². The first-order valence-corrected chi connectivity index (χ1v) is 8.89. The Morgan fingerprint density at radius 2 is 1.29 bits per heavy atom. The Balaban J connectivity index is 1.79. The van der Waals surface area contributed by atoms with Crippen molar-refractivity contribution in [2.75, 3.05) is 7.11 Å². The molecule has 1 atom stereocenters. The Morgan fingerprint density at radius 1 is 0.821 bits per heavy atom. The highest BCUT2D eigenvalue weighted by Gasteiger charge is 2.18. The number of carbonyl (C=O) groups excluding carboxylic acids is 1. The highest BCUT2D eigenvalue weighted by atomic mass is 16.6. The van der Waals surface area contributed by atoms with E-state index in [-0.39, 0.29) is 5.56 Å². The van der Waals surface area contributed by atoms with Crippen molar-refractivity contribution in [1.82, 2.24) is 0 Å². The second kappa shape index (κ2) is 9.69. The third kappa shape index (κ3) is 5.42. The largest absolute Gasteiger partial charge is 0.489 e. The molecule has 0 spiro atoms. The van der Waals surface area contributed by atoms with E-state index in [0.717, 1.165) is 11.1 Å². The van der Waals surface area contributed by atoms with Gasteiger partial charge in [0.15, 0.2) is 0 Å². The van der Waals surface area contributed by atoms with Crippen molar-refractivity contribution in [2.45, 2.75) is 19.5 Å². The maximum atomic E-state index is 12.3. The molecular formula is C23H22O5. The summed E-state index contributed by atoms with van der Waals surface area (Å²) in [5.41, 5.74) is 2.26. The number of methoxy groups -OCH3 is 1. The molecule has 3 rings (SSSR count). The molecule has 5 heteroatoms. The quantitative estimate of drug-likeness (QED) is 0.450. The molecule has 144 valence electrons. The summed E-state index contributed by atoms with van der Waals surface area (Å²) >= 11 is 0. The number of rotatable bonds is 9. The Morgan fingerprint density at radius 3 is 1.71 bits per heavy atom. The summed E-state index contributed by atoms with van der Waals surface area (Å²) < 4.78 is 16.4. The van der Waals surface area contributed by atoms with Crippen molar-refractivity contribution in [3.8, 4) is 11.5 Å². The number of ether oxygens (including phenoxy) is 3. The molecule has 28 heavy (non-hydrogen) atoms. The maximum Gasteiger partial charge on any atom is 0.219 e. The predicted molar refractivity (Wildman–Crippen MR) is 105 cm³/mol. The zero-order valence-corrected chi connectivity index (χ0v) is 15.6. The van der Waals surface area contributed by atoms with Crippen LogP contribution >= 0.6 is 0 Å². The van der Waals surface area contributed by atoms with E-state index >= 15 is 0 Å². The minimum absolute atomic E-state index is 0.253. The van der Waals surface area contributed by atoms with Crippen molar-refractivity contribution in [3.05, 3.63) is 95.6 Å². The normalized spacial score (nSPS) is 11.6. The van der Waals surface area contributed by atoms with Crippen LogP contribution in [-0.2, 0) is 18.0 Å². The predicted octanol–water partition coefficient (Wildman–Crippen LogP) is 3.99. The molecule has 0 fully saturated rings. The zero-order valence-electron chi connectivity index (χ0n) is 15.6. The van der Waals surface area contributed by atoms with Crippen LogP contribution in [0.15, 0.2) is 78.9 Å². The maximum absolute atomic E-state index is 12.3. The smallest absolute Gasteiger partial charge is 0.219 e. The van der Waals surface area contributed by atoms with Crippen LogP contribution in [-0.4, -0.2) is 24.3 Å². The summed E-state index contributed by atoms with van der Waals surface area (Å²) in [6, 6.07) is 24.3. The minimum atomic E-state index is -1.54. The molecule has 1 N–H and O–H groups in total. The molecule has 5 nitrogen and oxygen atoms in total. The zero-order chi connectivity index (χ0) is 19.8. The molecule has 0 radical (unpaired) electrons. The van der Waals surface area contributed by atoms with Crippen LogP contribution in [0.1, 0.15) is 21.5 Å². The molecule has 0 amide bonds. The van der Waals surface area contributed by atoms with Crippen molar-refractivity contribution in [3.63, 3.8) is 0 Å². The van der Waals surface area contributed by atoms with Gasteiger partial charge >= 0.3 is 0 Å². The first-order chi connectivity index (χ1) is 13.7.